The smallest absolute Gasteiger partial charge is 0.253 e. The predicted molar refractivity (Wildman–Crippen MR) is 86.1 cm³/mol. The quantitative estimate of drug-likeness (QED) is 0.929. The molecule has 120 valence electrons. The van der Waals surface area contributed by atoms with Crippen molar-refractivity contribution in [3.8, 4) is 5.69 Å². The van der Waals surface area contributed by atoms with Crippen LogP contribution in [0, 0.1) is 18.8 Å². The van der Waals surface area contributed by atoms with Gasteiger partial charge in [0.2, 0.25) is 5.91 Å². The highest BCUT2D eigenvalue weighted by Crippen LogP contribution is 2.24. The van der Waals surface area contributed by atoms with Crippen molar-refractivity contribution in [1.29, 1.82) is 0 Å². The number of hydrogen-bond donors (Lipinski definition) is 1. The van der Waals surface area contributed by atoms with Crippen LogP contribution in [-0.4, -0.2) is 39.6 Å². The molecule has 2 aromatic rings. The van der Waals surface area contributed by atoms with Gasteiger partial charge in [0.1, 0.15) is 0 Å². The molecule has 1 aromatic carbocycles. The summed E-state index contributed by atoms with van der Waals surface area (Å²) < 4.78 is 1.81. The van der Waals surface area contributed by atoms with Gasteiger partial charge in [-0.2, -0.15) is 5.10 Å². The Hall–Kier alpha value is -2.63. The number of nitrogens with two attached hydrogens (primary N) is 1. The van der Waals surface area contributed by atoms with Crippen LogP contribution < -0.4 is 5.73 Å². The highest BCUT2D eigenvalue weighted by Gasteiger charge is 2.36. The lowest BCUT2D eigenvalue weighted by Crippen LogP contribution is -2.32. The molecule has 6 nitrogen and oxygen atoms in total. The second-order valence-electron chi connectivity index (χ2n) is 6.13. The normalized spacial score (nSPS) is 20.7. The molecule has 0 bridgehead atoms. The van der Waals surface area contributed by atoms with Crippen molar-refractivity contribution in [2.24, 2.45) is 17.6 Å². The predicted octanol–water partition coefficient (Wildman–Crippen LogP) is 1.37. The largest absolute Gasteiger partial charge is 0.369 e. The van der Waals surface area contributed by atoms with Crippen molar-refractivity contribution in [2.75, 3.05) is 13.1 Å². The zero-order valence-corrected chi connectivity index (χ0v) is 13.3. The average Bonchev–Trinajstić information content (AvgIpc) is 3.12. The van der Waals surface area contributed by atoms with Crippen LogP contribution in [0.4, 0.5) is 0 Å². The van der Waals surface area contributed by atoms with E-state index in [0.29, 0.717) is 18.7 Å². The lowest BCUT2D eigenvalue weighted by molar-refractivity contribution is -0.122. The van der Waals surface area contributed by atoms with E-state index in [1.54, 1.807) is 23.2 Å². The Labute approximate surface area is 134 Å². The van der Waals surface area contributed by atoms with E-state index in [9.17, 15) is 9.59 Å². The summed E-state index contributed by atoms with van der Waals surface area (Å²) >= 11 is 0. The van der Waals surface area contributed by atoms with Crippen LogP contribution in [0.5, 0.6) is 0 Å². The molecule has 1 aliphatic rings. The van der Waals surface area contributed by atoms with Crippen molar-refractivity contribution in [3.63, 3.8) is 0 Å². The van der Waals surface area contributed by atoms with Crippen molar-refractivity contribution in [1.82, 2.24) is 14.7 Å². The van der Waals surface area contributed by atoms with Gasteiger partial charge in [0.25, 0.3) is 5.91 Å². The van der Waals surface area contributed by atoms with E-state index >= 15 is 0 Å². The van der Waals surface area contributed by atoms with Crippen LogP contribution >= 0.6 is 0 Å². The van der Waals surface area contributed by atoms with Gasteiger partial charge in [0.05, 0.1) is 11.6 Å². The number of hydrogen-bond acceptors (Lipinski definition) is 3. The minimum absolute atomic E-state index is 0.0654. The molecule has 3 rings (SSSR count). The van der Waals surface area contributed by atoms with Crippen molar-refractivity contribution in [2.45, 2.75) is 13.8 Å². The van der Waals surface area contributed by atoms with E-state index in [2.05, 4.69) is 5.10 Å². The zero-order valence-electron chi connectivity index (χ0n) is 13.3. The molecule has 2 amide bonds. The minimum Gasteiger partial charge on any atom is -0.369 e. The van der Waals surface area contributed by atoms with Crippen molar-refractivity contribution < 1.29 is 9.59 Å². The summed E-state index contributed by atoms with van der Waals surface area (Å²) in [7, 11) is 0. The lowest BCUT2D eigenvalue weighted by Gasteiger charge is -2.16. The van der Waals surface area contributed by atoms with E-state index in [-0.39, 0.29) is 23.7 Å². The second kappa shape index (κ2) is 5.87. The van der Waals surface area contributed by atoms with Gasteiger partial charge >= 0.3 is 0 Å². The first-order valence-corrected chi connectivity index (χ1v) is 7.67. The van der Waals surface area contributed by atoms with Crippen LogP contribution in [-0.2, 0) is 4.79 Å². The molecule has 1 saturated heterocycles. The number of aromatic nitrogens is 2. The average molecular weight is 312 g/mol. The van der Waals surface area contributed by atoms with Gasteiger partial charge in [-0.15, -0.1) is 0 Å². The molecule has 2 heterocycles. The second-order valence-corrected chi connectivity index (χ2v) is 6.13. The van der Waals surface area contributed by atoms with Gasteiger partial charge in [-0.05, 0) is 43.2 Å². The third kappa shape index (κ3) is 2.84. The summed E-state index contributed by atoms with van der Waals surface area (Å²) in [5.74, 6) is -0.561. The van der Waals surface area contributed by atoms with Crippen LogP contribution in [0.15, 0.2) is 36.5 Å². The number of primary amides is 1. The Morgan fingerprint density at radius 1 is 1.17 bits per heavy atom. The molecule has 0 spiro atoms. The molecule has 0 saturated carbocycles. The number of carbonyl (C=O) groups is 2. The van der Waals surface area contributed by atoms with Gasteiger partial charge in [-0.1, -0.05) is 6.92 Å². The SMILES string of the molecule is Cc1ccnn1-c1ccc(C(=O)N2C[C@@H](C)[C@H](C(N)=O)C2)cc1. The number of nitrogens with zero attached hydrogens (tertiary/aromatic N) is 3. The lowest BCUT2D eigenvalue weighted by atomic mass is 9.98. The molecule has 2 N–H and O–H groups in total. The third-order valence-corrected chi connectivity index (χ3v) is 4.46. The van der Waals surface area contributed by atoms with Gasteiger partial charge in [0, 0.05) is 30.5 Å². The Balaban J connectivity index is 1.76. The van der Waals surface area contributed by atoms with Gasteiger partial charge in [0.15, 0.2) is 0 Å². The summed E-state index contributed by atoms with van der Waals surface area (Å²) in [6.45, 7) is 4.88. The summed E-state index contributed by atoms with van der Waals surface area (Å²) in [6, 6.07) is 9.26. The van der Waals surface area contributed by atoms with Crippen LogP contribution in [0.3, 0.4) is 0 Å². The summed E-state index contributed by atoms with van der Waals surface area (Å²) in [5.41, 5.74) is 7.94. The third-order valence-electron chi connectivity index (χ3n) is 4.46. The molecule has 2 atom stereocenters. The molecular formula is C17H20N4O2. The molecule has 6 heteroatoms. The van der Waals surface area contributed by atoms with Crippen molar-refractivity contribution >= 4 is 11.8 Å². The molecule has 1 aromatic heterocycles. The fourth-order valence-corrected chi connectivity index (χ4v) is 3.07. The Morgan fingerprint density at radius 3 is 2.39 bits per heavy atom. The maximum atomic E-state index is 12.6. The number of amides is 2. The number of aryl methyl sites for hydroxylation is 1. The van der Waals surface area contributed by atoms with E-state index in [0.717, 1.165) is 11.4 Å². The maximum Gasteiger partial charge on any atom is 0.253 e. The van der Waals surface area contributed by atoms with Crippen molar-refractivity contribution in [3.05, 3.63) is 47.8 Å². The Kier molecular flexibility index (Phi) is 3.90. The molecule has 1 aliphatic heterocycles. The Morgan fingerprint density at radius 2 is 1.87 bits per heavy atom. The molecule has 23 heavy (non-hydrogen) atoms. The van der Waals surface area contributed by atoms with E-state index in [1.807, 2.05) is 36.7 Å². The fourth-order valence-electron chi connectivity index (χ4n) is 3.07. The van der Waals surface area contributed by atoms with Gasteiger partial charge < -0.3 is 10.6 Å². The maximum absolute atomic E-state index is 12.6. The first-order chi connectivity index (χ1) is 11.0. The highest BCUT2D eigenvalue weighted by atomic mass is 16.2. The molecule has 0 unspecified atom stereocenters. The summed E-state index contributed by atoms with van der Waals surface area (Å²) in [5, 5.41) is 4.25. The van der Waals surface area contributed by atoms with Crippen LogP contribution in [0.1, 0.15) is 23.0 Å². The van der Waals surface area contributed by atoms with Crippen LogP contribution in [0.25, 0.3) is 5.69 Å². The van der Waals surface area contributed by atoms with E-state index in [4.69, 9.17) is 5.73 Å². The van der Waals surface area contributed by atoms with Gasteiger partial charge in [-0.25, -0.2) is 4.68 Å². The number of rotatable bonds is 3. The molecular weight excluding hydrogens is 292 g/mol. The first kappa shape index (κ1) is 15.3. The van der Waals surface area contributed by atoms with E-state index in [1.165, 1.54) is 0 Å². The fraction of sp³-hybridized carbons (Fsp3) is 0.353. The Bertz CT molecular complexity index is 735. The minimum atomic E-state index is -0.336. The molecule has 0 radical (unpaired) electrons. The number of benzene rings is 1. The zero-order chi connectivity index (χ0) is 16.6. The van der Waals surface area contributed by atoms with E-state index < -0.39 is 0 Å². The van der Waals surface area contributed by atoms with Crippen LogP contribution in [0.2, 0.25) is 0 Å². The monoisotopic (exact) mass is 312 g/mol. The highest BCUT2D eigenvalue weighted by molar-refractivity contribution is 5.95. The van der Waals surface area contributed by atoms with Gasteiger partial charge in [-0.3, -0.25) is 9.59 Å². The number of carbonyl (C=O) groups excluding carboxylic acids is 2. The molecule has 1 fully saturated rings. The summed E-state index contributed by atoms with van der Waals surface area (Å²) in [6.07, 6.45) is 1.74. The number of likely N-dealkylation sites (tertiary alicyclic amines) is 1. The molecule has 0 aliphatic carbocycles. The topological polar surface area (TPSA) is 81.2 Å². The standard InChI is InChI=1S/C17H20N4O2/c1-11-9-20(10-15(11)16(18)22)17(23)13-3-5-14(6-4-13)21-12(2)7-8-19-21/h3-8,11,15H,9-10H2,1-2H3,(H2,18,22)/t11-,15-/m1/s1. The first-order valence-electron chi connectivity index (χ1n) is 7.67. The summed E-state index contributed by atoms with van der Waals surface area (Å²) in [4.78, 5) is 25.7.